The lowest BCUT2D eigenvalue weighted by Gasteiger charge is -2.13. The summed E-state index contributed by atoms with van der Waals surface area (Å²) in [5.74, 6) is -0.767. The van der Waals surface area contributed by atoms with Gasteiger partial charge in [0.2, 0.25) is 0 Å². The summed E-state index contributed by atoms with van der Waals surface area (Å²) >= 11 is 6.59. The number of carbonyl (C=O) groups is 1. The van der Waals surface area contributed by atoms with Crippen LogP contribution in [0.1, 0.15) is 10.5 Å². The molecule has 0 aliphatic rings. The first-order chi connectivity index (χ1) is 9.85. The topological polar surface area (TPSA) is 64.1 Å². The molecule has 0 radical (unpaired) electrons. The Morgan fingerprint density at radius 3 is 2.81 bits per heavy atom. The number of alkyl halides is 3. The monoisotopic (exact) mass is 337 g/mol. The molecule has 1 aromatic carbocycles. The third kappa shape index (κ3) is 4.57. The molecule has 0 unspecified atom stereocenters. The largest absolute Gasteiger partial charge is 0.482 e. The van der Waals surface area contributed by atoms with Crippen molar-refractivity contribution in [2.45, 2.75) is 6.18 Å². The summed E-state index contributed by atoms with van der Waals surface area (Å²) in [6.07, 6.45) is -3.25. The van der Waals surface area contributed by atoms with Gasteiger partial charge in [-0.2, -0.15) is 21.9 Å². The molecule has 1 heterocycles. The summed E-state index contributed by atoms with van der Waals surface area (Å²) in [5, 5.41) is 2.62. The maximum absolute atomic E-state index is 12.2. The van der Waals surface area contributed by atoms with E-state index in [2.05, 4.69) is 18.8 Å². The van der Waals surface area contributed by atoms with Crippen molar-refractivity contribution < 1.29 is 22.7 Å². The molecule has 0 aliphatic heterocycles. The molecule has 0 saturated carbocycles. The van der Waals surface area contributed by atoms with Gasteiger partial charge in [-0.15, -0.1) is 0 Å². The van der Waals surface area contributed by atoms with E-state index in [0.29, 0.717) is 0 Å². The average molecular weight is 338 g/mol. The summed E-state index contributed by atoms with van der Waals surface area (Å²) in [6, 6.07) is 3.88. The van der Waals surface area contributed by atoms with Gasteiger partial charge in [-0.3, -0.25) is 4.79 Å². The average Bonchev–Trinajstić information content (AvgIpc) is 2.90. The molecule has 2 aromatic rings. The van der Waals surface area contributed by atoms with Crippen LogP contribution in [-0.2, 0) is 0 Å². The fourth-order valence-electron chi connectivity index (χ4n) is 1.34. The van der Waals surface area contributed by atoms with E-state index < -0.39 is 18.7 Å². The van der Waals surface area contributed by atoms with Crippen LogP contribution < -0.4 is 10.1 Å². The third-order valence-electron chi connectivity index (χ3n) is 2.18. The van der Waals surface area contributed by atoms with Crippen molar-refractivity contribution in [3.05, 3.63) is 35.1 Å². The standard InChI is InChI=1S/C11H7ClF3N3O2S/c12-6-1-2-9(20-5-11(13,14)15)7(3-6)17-10(19)8-4-16-21-18-8/h1-4H,5H2,(H,17,19). The molecule has 10 heteroatoms. The number of aromatic nitrogens is 2. The number of rotatable bonds is 4. The van der Waals surface area contributed by atoms with Crippen molar-refractivity contribution >= 4 is 34.9 Å². The number of anilines is 1. The Hall–Kier alpha value is -1.87. The van der Waals surface area contributed by atoms with Crippen molar-refractivity contribution in [1.82, 2.24) is 8.75 Å². The van der Waals surface area contributed by atoms with E-state index in [0.717, 1.165) is 11.7 Å². The maximum Gasteiger partial charge on any atom is 0.422 e. The zero-order chi connectivity index (χ0) is 15.5. The first-order valence-corrected chi connectivity index (χ1v) is 6.54. The van der Waals surface area contributed by atoms with E-state index in [4.69, 9.17) is 11.6 Å². The number of nitrogens with zero attached hydrogens (tertiary/aromatic N) is 2. The zero-order valence-electron chi connectivity index (χ0n) is 10.1. The highest BCUT2D eigenvalue weighted by Crippen LogP contribution is 2.30. The number of hydrogen-bond donors (Lipinski definition) is 1. The number of halogens is 4. The first kappa shape index (κ1) is 15.5. The van der Waals surface area contributed by atoms with Crippen LogP contribution in [-0.4, -0.2) is 27.4 Å². The van der Waals surface area contributed by atoms with Crippen molar-refractivity contribution in [2.24, 2.45) is 0 Å². The van der Waals surface area contributed by atoms with Gasteiger partial charge in [0.15, 0.2) is 12.3 Å². The minimum absolute atomic E-state index is 0.0183. The summed E-state index contributed by atoms with van der Waals surface area (Å²) < 4.78 is 48.6. The van der Waals surface area contributed by atoms with Gasteiger partial charge in [-0.1, -0.05) is 11.6 Å². The molecule has 0 atom stereocenters. The first-order valence-electron chi connectivity index (χ1n) is 5.43. The van der Waals surface area contributed by atoms with Crippen LogP contribution in [0.15, 0.2) is 24.4 Å². The minimum Gasteiger partial charge on any atom is -0.482 e. The second kappa shape index (κ2) is 6.27. The second-order valence-corrected chi connectivity index (χ2v) is 4.78. The number of ether oxygens (including phenoxy) is 1. The highest BCUT2D eigenvalue weighted by molar-refractivity contribution is 6.99. The normalized spacial score (nSPS) is 11.2. The smallest absolute Gasteiger partial charge is 0.422 e. The van der Waals surface area contributed by atoms with Crippen molar-refractivity contribution in [3.63, 3.8) is 0 Å². The molecule has 0 bridgehead atoms. The van der Waals surface area contributed by atoms with Gasteiger partial charge in [-0.25, -0.2) is 0 Å². The number of carbonyl (C=O) groups excluding carboxylic acids is 1. The number of amides is 1. The van der Waals surface area contributed by atoms with Gasteiger partial charge in [0, 0.05) is 5.02 Å². The summed E-state index contributed by atoms with van der Waals surface area (Å²) in [4.78, 5) is 11.8. The lowest BCUT2D eigenvalue weighted by Crippen LogP contribution is -2.20. The molecule has 1 N–H and O–H groups in total. The minimum atomic E-state index is -4.49. The Balaban J connectivity index is 2.17. The van der Waals surface area contributed by atoms with E-state index in [9.17, 15) is 18.0 Å². The van der Waals surface area contributed by atoms with E-state index >= 15 is 0 Å². The Kier molecular flexibility index (Phi) is 4.63. The summed E-state index contributed by atoms with van der Waals surface area (Å²) in [7, 11) is 0. The summed E-state index contributed by atoms with van der Waals surface area (Å²) in [5.41, 5.74) is 0.0616. The van der Waals surface area contributed by atoms with Crippen molar-refractivity contribution in [3.8, 4) is 5.75 Å². The lowest BCUT2D eigenvalue weighted by atomic mass is 10.2. The van der Waals surface area contributed by atoms with Crippen molar-refractivity contribution in [2.75, 3.05) is 11.9 Å². The quantitative estimate of drug-likeness (QED) is 0.929. The maximum atomic E-state index is 12.2. The van der Waals surface area contributed by atoms with Gasteiger partial charge < -0.3 is 10.1 Å². The SMILES string of the molecule is O=C(Nc1cc(Cl)ccc1OCC(F)(F)F)c1cnsn1. The number of benzene rings is 1. The Bertz CT molecular complexity index is 634. The van der Waals surface area contributed by atoms with Gasteiger partial charge in [-0.05, 0) is 18.2 Å². The predicted molar refractivity (Wildman–Crippen MR) is 70.9 cm³/mol. The predicted octanol–water partition coefficient (Wildman–Crippen LogP) is 3.38. The fourth-order valence-corrected chi connectivity index (χ4v) is 1.92. The van der Waals surface area contributed by atoms with Crippen LogP contribution in [0, 0.1) is 0 Å². The Labute approximate surface area is 126 Å². The second-order valence-electron chi connectivity index (χ2n) is 3.79. The molecule has 5 nitrogen and oxygen atoms in total. The molecular weight excluding hydrogens is 331 g/mol. The zero-order valence-corrected chi connectivity index (χ0v) is 11.7. The fraction of sp³-hybridized carbons (Fsp3) is 0.182. The number of hydrogen-bond acceptors (Lipinski definition) is 5. The highest BCUT2D eigenvalue weighted by atomic mass is 35.5. The molecule has 0 fully saturated rings. The number of nitrogens with one attached hydrogen (secondary N) is 1. The van der Waals surface area contributed by atoms with E-state index in [1.165, 1.54) is 24.4 Å². The Morgan fingerprint density at radius 2 is 2.19 bits per heavy atom. The molecule has 0 spiro atoms. The molecule has 112 valence electrons. The van der Waals surface area contributed by atoms with Crippen LogP contribution in [0.3, 0.4) is 0 Å². The van der Waals surface area contributed by atoms with Crippen molar-refractivity contribution in [1.29, 1.82) is 0 Å². The highest BCUT2D eigenvalue weighted by Gasteiger charge is 2.29. The molecule has 0 aliphatic carbocycles. The van der Waals surface area contributed by atoms with E-state index in [1.54, 1.807) is 0 Å². The van der Waals surface area contributed by atoms with Gasteiger partial charge in [0.25, 0.3) is 5.91 Å². The van der Waals surface area contributed by atoms with E-state index in [-0.39, 0.29) is 22.2 Å². The van der Waals surface area contributed by atoms with E-state index in [1.807, 2.05) is 0 Å². The van der Waals surface area contributed by atoms with Crippen LogP contribution in [0.25, 0.3) is 0 Å². The van der Waals surface area contributed by atoms with Crippen LogP contribution in [0.2, 0.25) is 5.02 Å². The third-order valence-corrected chi connectivity index (χ3v) is 2.89. The molecule has 21 heavy (non-hydrogen) atoms. The van der Waals surface area contributed by atoms with Gasteiger partial charge in [0.1, 0.15) is 5.75 Å². The molecule has 1 amide bonds. The molecule has 1 aromatic heterocycles. The molecule has 2 rings (SSSR count). The summed E-state index contributed by atoms with van der Waals surface area (Å²) in [6.45, 7) is -1.48. The van der Waals surface area contributed by atoms with Crippen LogP contribution in [0.5, 0.6) is 5.75 Å². The van der Waals surface area contributed by atoms with Crippen LogP contribution in [0.4, 0.5) is 18.9 Å². The van der Waals surface area contributed by atoms with Crippen LogP contribution >= 0.6 is 23.3 Å². The Morgan fingerprint density at radius 1 is 1.43 bits per heavy atom. The molecular formula is C11H7ClF3N3O2S. The van der Waals surface area contributed by atoms with Gasteiger partial charge >= 0.3 is 6.18 Å². The van der Waals surface area contributed by atoms with Gasteiger partial charge in [0.05, 0.1) is 23.6 Å². The lowest BCUT2D eigenvalue weighted by molar-refractivity contribution is -0.153. The molecule has 0 saturated heterocycles.